The summed E-state index contributed by atoms with van der Waals surface area (Å²) in [6, 6.07) is 14.3. The van der Waals surface area contributed by atoms with Crippen LogP contribution in [0, 0.1) is 6.07 Å². The molecule has 0 fully saturated rings. The maximum absolute atomic E-state index is 12.1. The molecule has 0 aromatic heterocycles. The van der Waals surface area contributed by atoms with Crippen molar-refractivity contribution in [2.24, 2.45) is 0 Å². The lowest BCUT2D eigenvalue weighted by Gasteiger charge is -2.09. The average Bonchev–Trinajstić information content (AvgIpc) is 2.38. The lowest BCUT2D eigenvalue weighted by molar-refractivity contribution is 0.581. The van der Waals surface area contributed by atoms with E-state index in [-0.39, 0.29) is 17.1 Å². The van der Waals surface area contributed by atoms with Crippen LogP contribution in [0.25, 0.3) is 0 Å². The topological polar surface area (TPSA) is 72.2 Å². The average molecular weight is 296 g/mol. The maximum Gasteiger partial charge on any atom is 0.243 e. The number of benzene rings is 2. The van der Waals surface area contributed by atoms with Crippen LogP contribution in [0.2, 0.25) is 5.02 Å². The Morgan fingerprint density at radius 2 is 1.95 bits per heavy atom. The number of anilines is 1. The molecular weight excluding hydrogens is 284 g/mol. The maximum atomic E-state index is 12.1. The van der Waals surface area contributed by atoms with E-state index in [4.69, 9.17) is 17.3 Å². The van der Waals surface area contributed by atoms with Crippen molar-refractivity contribution in [1.29, 1.82) is 0 Å². The van der Waals surface area contributed by atoms with Gasteiger partial charge in [-0.05, 0) is 17.7 Å². The minimum Gasteiger partial charge on any atom is -0.398 e. The highest BCUT2D eigenvalue weighted by atomic mass is 35.5. The molecule has 0 saturated heterocycles. The van der Waals surface area contributed by atoms with Gasteiger partial charge < -0.3 is 5.73 Å². The second kappa shape index (κ2) is 5.61. The molecule has 0 saturated carbocycles. The number of halogens is 1. The molecule has 0 unspecified atom stereocenters. The fourth-order valence-electron chi connectivity index (χ4n) is 1.55. The number of hydrogen-bond acceptors (Lipinski definition) is 3. The summed E-state index contributed by atoms with van der Waals surface area (Å²) >= 11 is 5.96. The molecule has 0 atom stereocenters. The van der Waals surface area contributed by atoms with Crippen molar-refractivity contribution in [1.82, 2.24) is 4.72 Å². The number of nitrogen functional groups attached to an aromatic ring is 1. The Kier molecular flexibility index (Phi) is 4.09. The highest BCUT2D eigenvalue weighted by Crippen LogP contribution is 2.18. The number of rotatable bonds is 4. The Labute approximate surface area is 117 Å². The SMILES string of the molecule is Nc1ccc[c]c1S(=O)(=O)NCc1ccccc1Cl. The van der Waals surface area contributed by atoms with Gasteiger partial charge in [-0.3, -0.25) is 0 Å². The van der Waals surface area contributed by atoms with E-state index in [1.54, 1.807) is 30.3 Å². The Morgan fingerprint density at radius 1 is 1.21 bits per heavy atom. The van der Waals surface area contributed by atoms with E-state index in [9.17, 15) is 8.42 Å². The van der Waals surface area contributed by atoms with Crippen molar-refractivity contribution in [3.63, 3.8) is 0 Å². The van der Waals surface area contributed by atoms with Crippen LogP contribution in [-0.4, -0.2) is 8.42 Å². The first kappa shape index (κ1) is 13.9. The van der Waals surface area contributed by atoms with Gasteiger partial charge in [0, 0.05) is 17.6 Å². The van der Waals surface area contributed by atoms with E-state index >= 15 is 0 Å². The van der Waals surface area contributed by atoms with E-state index in [0.717, 1.165) is 0 Å². The van der Waals surface area contributed by atoms with E-state index < -0.39 is 10.0 Å². The normalized spacial score (nSPS) is 11.4. The molecule has 0 amide bonds. The fourth-order valence-corrected chi connectivity index (χ4v) is 2.85. The van der Waals surface area contributed by atoms with Gasteiger partial charge in [0.2, 0.25) is 10.0 Å². The lowest BCUT2D eigenvalue weighted by Crippen LogP contribution is -2.24. The summed E-state index contributed by atoms with van der Waals surface area (Å²) < 4.78 is 26.6. The van der Waals surface area contributed by atoms with Crippen LogP contribution in [0.5, 0.6) is 0 Å². The van der Waals surface area contributed by atoms with Crippen LogP contribution in [0.3, 0.4) is 0 Å². The third kappa shape index (κ3) is 3.26. The van der Waals surface area contributed by atoms with Crippen LogP contribution in [-0.2, 0) is 16.6 Å². The van der Waals surface area contributed by atoms with Crippen LogP contribution in [0.1, 0.15) is 5.56 Å². The van der Waals surface area contributed by atoms with Gasteiger partial charge in [-0.15, -0.1) is 0 Å². The Hall–Kier alpha value is -1.56. The summed E-state index contributed by atoms with van der Waals surface area (Å²) in [5, 5.41) is 0.509. The van der Waals surface area contributed by atoms with Crippen LogP contribution in [0.4, 0.5) is 5.69 Å². The standard InChI is InChI=1S/C13H12ClN2O2S/c14-11-6-2-1-5-10(11)9-16-19(17,18)13-8-4-3-7-12(13)15/h1-7,16H,9,15H2. The first-order valence-electron chi connectivity index (χ1n) is 5.50. The third-order valence-electron chi connectivity index (χ3n) is 2.53. The monoisotopic (exact) mass is 295 g/mol. The van der Waals surface area contributed by atoms with Crippen LogP contribution < -0.4 is 10.5 Å². The molecular formula is C13H12ClN2O2S. The number of nitrogens with two attached hydrogens (primary N) is 1. The molecule has 2 rings (SSSR count). The van der Waals surface area contributed by atoms with Crippen molar-refractivity contribution in [3.8, 4) is 0 Å². The number of nitrogens with one attached hydrogen (secondary N) is 1. The minimum absolute atomic E-state index is 0.0537. The highest BCUT2D eigenvalue weighted by molar-refractivity contribution is 7.89. The van der Waals surface area contributed by atoms with Gasteiger partial charge in [0.15, 0.2) is 0 Å². The summed E-state index contributed by atoms with van der Waals surface area (Å²) in [7, 11) is -3.70. The number of sulfonamides is 1. The van der Waals surface area contributed by atoms with E-state index in [1.165, 1.54) is 12.1 Å². The smallest absolute Gasteiger partial charge is 0.243 e. The van der Waals surface area contributed by atoms with Gasteiger partial charge in [-0.1, -0.05) is 41.9 Å². The van der Waals surface area contributed by atoms with Gasteiger partial charge >= 0.3 is 0 Å². The molecule has 4 nitrogen and oxygen atoms in total. The van der Waals surface area contributed by atoms with Gasteiger partial charge in [0.05, 0.1) is 5.69 Å². The molecule has 6 heteroatoms. The second-order valence-electron chi connectivity index (χ2n) is 3.87. The summed E-state index contributed by atoms with van der Waals surface area (Å²) in [6.07, 6.45) is 0. The van der Waals surface area contributed by atoms with Gasteiger partial charge in [0.1, 0.15) is 4.90 Å². The molecule has 0 heterocycles. The zero-order chi connectivity index (χ0) is 13.9. The van der Waals surface area contributed by atoms with Gasteiger partial charge in [0.25, 0.3) is 0 Å². The molecule has 2 aromatic rings. The van der Waals surface area contributed by atoms with Crippen LogP contribution in [0.15, 0.2) is 47.4 Å². The zero-order valence-electron chi connectivity index (χ0n) is 9.93. The largest absolute Gasteiger partial charge is 0.398 e. The molecule has 0 spiro atoms. The van der Waals surface area contributed by atoms with Crippen molar-refractivity contribution < 1.29 is 8.42 Å². The Bertz CT molecular complexity index is 687. The Balaban J connectivity index is 2.20. The Morgan fingerprint density at radius 3 is 2.63 bits per heavy atom. The highest BCUT2D eigenvalue weighted by Gasteiger charge is 2.17. The van der Waals surface area contributed by atoms with E-state index in [1.807, 2.05) is 0 Å². The molecule has 0 aliphatic rings. The van der Waals surface area contributed by atoms with Gasteiger partial charge in [-0.2, -0.15) is 0 Å². The first-order chi connectivity index (χ1) is 9.00. The van der Waals surface area contributed by atoms with Crippen molar-refractivity contribution in [2.45, 2.75) is 11.4 Å². The third-order valence-corrected chi connectivity index (χ3v) is 4.31. The molecule has 1 radical (unpaired) electrons. The molecule has 0 bridgehead atoms. The summed E-state index contributed by atoms with van der Waals surface area (Å²) in [5.41, 5.74) is 6.49. The molecule has 3 N–H and O–H groups in total. The molecule has 99 valence electrons. The predicted octanol–water partition coefficient (Wildman–Crippen LogP) is 2.20. The number of hydrogen-bond donors (Lipinski definition) is 2. The summed E-state index contributed by atoms with van der Waals surface area (Å²) in [4.78, 5) is -0.0537. The minimum atomic E-state index is -3.70. The molecule has 0 aliphatic carbocycles. The molecule has 0 aliphatic heterocycles. The van der Waals surface area contributed by atoms with Crippen molar-refractivity contribution in [2.75, 3.05) is 5.73 Å². The summed E-state index contributed by atoms with van der Waals surface area (Å²) in [6.45, 7) is 0.101. The lowest BCUT2D eigenvalue weighted by atomic mass is 10.2. The second-order valence-corrected chi connectivity index (χ2v) is 5.98. The predicted molar refractivity (Wildman–Crippen MR) is 75.2 cm³/mol. The molecule has 2 aromatic carbocycles. The summed E-state index contributed by atoms with van der Waals surface area (Å²) in [5.74, 6) is 0. The molecule has 19 heavy (non-hydrogen) atoms. The quantitative estimate of drug-likeness (QED) is 0.849. The van der Waals surface area contributed by atoms with Crippen molar-refractivity contribution in [3.05, 3.63) is 59.1 Å². The fraction of sp³-hybridized carbons (Fsp3) is 0.0769. The van der Waals surface area contributed by atoms with Gasteiger partial charge in [-0.25, -0.2) is 13.1 Å². The van der Waals surface area contributed by atoms with E-state index in [2.05, 4.69) is 10.8 Å². The first-order valence-corrected chi connectivity index (χ1v) is 7.36. The van der Waals surface area contributed by atoms with Crippen molar-refractivity contribution >= 4 is 27.3 Å². The zero-order valence-corrected chi connectivity index (χ0v) is 11.5. The van der Waals surface area contributed by atoms with Crippen LogP contribution >= 0.6 is 11.6 Å². The van der Waals surface area contributed by atoms with E-state index in [0.29, 0.717) is 10.6 Å².